The van der Waals surface area contributed by atoms with Gasteiger partial charge in [0.05, 0.1) is 0 Å². The third-order valence-electron chi connectivity index (χ3n) is 9.32. The van der Waals surface area contributed by atoms with Crippen molar-refractivity contribution in [3.8, 4) is 45.6 Å². The van der Waals surface area contributed by atoms with Crippen LogP contribution in [-0.2, 0) is 0 Å². The molecule has 0 atom stereocenters. The van der Waals surface area contributed by atoms with Gasteiger partial charge in [0.15, 0.2) is 23.1 Å². The maximum Gasteiger partial charge on any atom is 0.227 e. The molecule has 0 aliphatic carbocycles. The van der Waals surface area contributed by atoms with E-state index in [-0.39, 0.29) is 0 Å². The van der Waals surface area contributed by atoms with Gasteiger partial charge in [0.2, 0.25) is 5.89 Å². The molecule has 49 heavy (non-hydrogen) atoms. The van der Waals surface area contributed by atoms with E-state index in [1.165, 1.54) is 15.5 Å². The predicted molar refractivity (Wildman–Crippen MR) is 198 cm³/mol. The lowest BCUT2D eigenvalue weighted by molar-refractivity contribution is 0.623. The minimum atomic E-state index is 0.552. The zero-order valence-electron chi connectivity index (χ0n) is 25.7. The van der Waals surface area contributed by atoms with E-state index >= 15 is 0 Å². The number of hydrogen-bond donors (Lipinski definition) is 0. The number of benzene rings is 7. The molecule has 11 rings (SSSR count). The summed E-state index contributed by atoms with van der Waals surface area (Å²) in [7, 11) is 0. The van der Waals surface area contributed by atoms with E-state index in [4.69, 9.17) is 28.8 Å². The van der Waals surface area contributed by atoms with Crippen LogP contribution in [0.3, 0.4) is 0 Å². The van der Waals surface area contributed by atoms with Gasteiger partial charge in [0.25, 0.3) is 0 Å². The van der Waals surface area contributed by atoms with E-state index in [0.29, 0.717) is 28.9 Å². The molecule has 7 heteroatoms. The molecule has 6 nitrogen and oxygen atoms in total. The molecule has 0 spiro atoms. The lowest BCUT2D eigenvalue weighted by Gasteiger charge is -2.10. The Morgan fingerprint density at radius 3 is 1.98 bits per heavy atom. The monoisotopic (exact) mass is 646 g/mol. The highest BCUT2D eigenvalue weighted by Crippen LogP contribution is 2.45. The van der Waals surface area contributed by atoms with E-state index in [1.807, 2.05) is 78.9 Å². The second-order valence-corrected chi connectivity index (χ2v) is 13.2. The van der Waals surface area contributed by atoms with Gasteiger partial charge in [-0.3, -0.25) is 0 Å². The van der Waals surface area contributed by atoms with Gasteiger partial charge in [0, 0.05) is 64.0 Å². The van der Waals surface area contributed by atoms with Gasteiger partial charge in [-0.1, -0.05) is 91.0 Å². The first-order chi connectivity index (χ1) is 24.3. The quantitative estimate of drug-likeness (QED) is 0.177. The van der Waals surface area contributed by atoms with Crippen LogP contribution in [0.15, 0.2) is 142 Å². The Labute approximate surface area is 282 Å². The number of rotatable bonds is 4. The number of oxazole rings is 1. The molecular weight excluding hydrogens is 625 g/mol. The third kappa shape index (κ3) is 3.94. The lowest BCUT2D eigenvalue weighted by atomic mass is 9.98. The summed E-state index contributed by atoms with van der Waals surface area (Å²) >= 11 is 1.76. The van der Waals surface area contributed by atoms with E-state index in [0.717, 1.165) is 65.2 Å². The molecule has 0 radical (unpaired) electrons. The summed E-state index contributed by atoms with van der Waals surface area (Å²) in [6.07, 6.45) is 0. The van der Waals surface area contributed by atoms with Gasteiger partial charge in [-0.05, 0) is 42.5 Å². The van der Waals surface area contributed by atoms with Crippen LogP contribution in [0.2, 0.25) is 0 Å². The second-order valence-electron chi connectivity index (χ2n) is 12.2. The molecule has 0 unspecified atom stereocenters. The topological polar surface area (TPSA) is 77.8 Å². The number of nitrogens with zero attached hydrogens (tertiary/aromatic N) is 4. The maximum absolute atomic E-state index is 6.59. The van der Waals surface area contributed by atoms with Crippen LogP contribution in [0, 0.1) is 0 Å². The van der Waals surface area contributed by atoms with Gasteiger partial charge in [-0.15, -0.1) is 11.3 Å². The Kier molecular flexibility index (Phi) is 5.45. The molecule has 0 fully saturated rings. The summed E-state index contributed by atoms with van der Waals surface area (Å²) in [5.41, 5.74) is 6.67. The fourth-order valence-corrected chi connectivity index (χ4v) is 8.32. The molecule has 0 bridgehead atoms. The number of aromatic nitrogens is 4. The Bertz CT molecular complexity index is 3050. The second kappa shape index (κ2) is 10.0. The minimum absolute atomic E-state index is 0.552. The van der Waals surface area contributed by atoms with Crippen molar-refractivity contribution in [3.05, 3.63) is 133 Å². The summed E-state index contributed by atoms with van der Waals surface area (Å²) in [6.45, 7) is 0. The van der Waals surface area contributed by atoms with Crippen molar-refractivity contribution in [2.24, 2.45) is 0 Å². The van der Waals surface area contributed by atoms with Crippen LogP contribution in [0.4, 0.5) is 0 Å². The van der Waals surface area contributed by atoms with E-state index in [2.05, 4.69) is 54.6 Å². The Morgan fingerprint density at radius 1 is 0.449 bits per heavy atom. The molecular formula is C42H22N4O2S. The molecule has 0 N–H and O–H groups in total. The number of fused-ring (bicyclic) bond motifs is 6. The molecule has 0 saturated carbocycles. The van der Waals surface area contributed by atoms with Gasteiger partial charge >= 0.3 is 0 Å². The van der Waals surface area contributed by atoms with Gasteiger partial charge in [-0.2, -0.15) is 0 Å². The largest absolute Gasteiger partial charge is 0.456 e. The number of furan rings is 1. The smallest absolute Gasteiger partial charge is 0.227 e. The van der Waals surface area contributed by atoms with Gasteiger partial charge in [-0.25, -0.2) is 19.9 Å². The normalized spacial score (nSPS) is 12.1. The van der Waals surface area contributed by atoms with E-state index in [1.54, 1.807) is 11.3 Å². The third-order valence-corrected chi connectivity index (χ3v) is 10.5. The number of hydrogen-bond acceptors (Lipinski definition) is 7. The molecule has 228 valence electrons. The van der Waals surface area contributed by atoms with Crippen molar-refractivity contribution in [1.82, 2.24) is 19.9 Å². The van der Waals surface area contributed by atoms with E-state index < -0.39 is 0 Å². The highest BCUT2D eigenvalue weighted by atomic mass is 32.1. The van der Waals surface area contributed by atoms with Crippen molar-refractivity contribution in [2.45, 2.75) is 0 Å². The van der Waals surface area contributed by atoms with Crippen LogP contribution >= 0.6 is 11.3 Å². The Balaban J connectivity index is 1.20. The van der Waals surface area contributed by atoms with Crippen LogP contribution in [-0.4, -0.2) is 19.9 Å². The first-order valence-electron chi connectivity index (χ1n) is 16.1. The fraction of sp³-hybridized carbons (Fsp3) is 0. The first kappa shape index (κ1) is 26.6. The minimum Gasteiger partial charge on any atom is -0.456 e. The van der Waals surface area contributed by atoms with Crippen LogP contribution in [0.5, 0.6) is 0 Å². The Morgan fingerprint density at radius 2 is 1.12 bits per heavy atom. The molecule has 4 heterocycles. The average molecular weight is 647 g/mol. The Hall–Kier alpha value is -6.44. The zero-order valence-corrected chi connectivity index (χ0v) is 26.5. The molecule has 4 aromatic heterocycles. The van der Waals surface area contributed by atoms with Crippen molar-refractivity contribution in [2.75, 3.05) is 0 Å². The van der Waals surface area contributed by atoms with Crippen molar-refractivity contribution in [3.63, 3.8) is 0 Å². The van der Waals surface area contributed by atoms with Crippen molar-refractivity contribution >= 4 is 75.3 Å². The van der Waals surface area contributed by atoms with Crippen molar-refractivity contribution < 1.29 is 8.83 Å². The molecule has 0 aliphatic rings. The van der Waals surface area contributed by atoms with Gasteiger partial charge in [0.1, 0.15) is 16.7 Å². The lowest BCUT2D eigenvalue weighted by Crippen LogP contribution is -2.00. The molecule has 0 aliphatic heterocycles. The summed E-state index contributed by atoms with van der Waals surface area (Å²) in [5.74, 6) is 2.35. The average Bonchev–Trinajstić information content (AvgIpc) is 3.89. The van der Waals surface area contributed by atoms with Crippen molar-refractivity contribution in [1.29, 1.82) is 0 Å². The molecule has 11 aromatic rings. The van der Waals surface area contributed by atoms with Crippen LogP contribution in [0.1, 0.15) is 0 Å². The maximum atomic E-state index is 6.59. The van der Waals surface area contributed by atoms with Crippen LogP contribution < -0.4 is 0 Å². The summed E-state index contributed by atoms with van der Waals surface area (Å²) in [4.78, 5) is 20.3. The summed E-state index contributed by atoms with van der Waals surface area (Å²) < 4.78 is 15.5. The van der Waals surface area contributed by atoms with Gasteiger partial charge < -0.3 is 8.83 Å². The zero-order chi connectivity index (χ0) is 32.1. The van der Waals surface area contributed by atoms with E-state index in [9.17, 15) is 0 Å². The first-order valence-corrected chi connectivity index (χ1v) is 16.9. The number of thiophene rings is 1. The highest BCUT2D eigenvalue weighted by Gasteiger charge is 2.24. The summed E-state index contributed by atoms with van der Waals surface area (Å²) in [6, 6.07) is 45.2. The standard InChI is InChI=1S/C42H22N4O2S/c1-3-11-23(12-4-1)39-44-40(46-41(45-39)29-18-9-16-27-26-15-7-8-20-33(26)49-38(27)29)25-21-30-35-32(22-25)47-31-19-10-17-28(34(31)35)36-37(30)48-42(43-36)24-13-5-2-6-14-24/h1-22H. The fourth-order valence-electron chi connectivity index (χ4n) is 7.11. The summed E-state index contributed by atoms with van der Waals surface area (Å²) in [5, 5.41) is 6.38. The molecule has 7 aromatic carbocycles. The molecule has 0 amide bonds. The molecule has 0 saturated heterocycles. The highest BCUT2D eigenvalue weighted by molar-refractivity contribution is 7.26. The van der Waals surface area contributed by atoms with Crippen LogP contribution in [0.25, 0.3) is 110 Å². The predicted octanol–water partition coefficient (Wildman–Crippen LogP) is 11.5. The SMILES string of the molecule is c1ccc(-c2nc(-c3cc4oc5cccc6c7nc(-c8ccccc8)oc7c(c3)c4c56)nc(-c3cccc4c3sc3ccccc34)n2)cc1.